The van der Waals surface area contributed by atoms with Crippen LogP contribution in [0, 0.1) is 6.92 Å². The molecule has 0 unspecified atom stereocenters. The van der Waals surface area contributed by atoms with Crippen LogP contribution in [0.4, 0.5) is 0 Å². The molecule has 0 N–H and O–H groups in total. The molecule has 0 amide bonds. The third-order valence-electron chi connectivity index (χ3n) is 5.88. The fourth-order valence-corrected chi connectivity index (χ4v) is 3.27. The standard InChI is InChI=1S/C19H31BN2O2/c1-15-13-17(20-23-18(2,3)19(4,5)24-20)8-7-16(15)14-22-11-9-21(6)10-12-22/h7-8,13H,9-12,14H2,1-6H3. The molecule has 3 rings (SSSR count). The Balaban J connectivity index is 1.69. The maximum atomic E-state index is 6.17. The summed E-state index contributed by atoms with van der Waals surface area (Å²) in [6.45, 7) is 16.2. The van der Waals surface area contributed by atoms with Crippen molar-refractivity contribution >= 4 is 12.6 Å². The first-order valence-electron chi connectivity index (χ1n) is 9.04. The first kappa shape index (κ1) is 17.9. The van der Waals surface area contributed by atoms with Crippen LogP contribution in [0.2, 0.25) is 0 Å². The van der Waals surface area contributed by atoms with Crippen molar-refractivity contribution in [2.45, 2.75) is 52.4 Å². The summed E-state index contributed by atoms with van der Waals surface area (Å²) < 4.78 is 12.3. The predicted octanol–water partition coefficient (Wildman–Crippen LogP) is 2.04. The summed E-state index contributed by atoms with van der Waals surface area (Å²) in [4.78, 5) is 4.93. The average molecular weight is 330 g/mol. The third-order valence-corrected chi connectivity index (χ3v) is 5.88. The molecule has 2 fully saturated rings. The molecule has 0 aromatic heterocycles. The van der Waals surface area contributed by atoms with Crippen LogP contribution in [-0.4, -0.2) is 61.3 Å². The molecule has 0 radical (unpaired) electrons. The third kappa shape index (κ3) is 3.55. The molecular weight excluding hydrogens is 299 g/mol. The van der Waals surface area contributed by atoms with E-state index in [1.54, 1.807) is 0 Å². The molecule has 0 bridgehead atoms. The number of hydrogen-bond acceptors (Lipinski definition) is 4. The SMILES string of the molecule is Cc1cc(B2OC(C)(C)C(C)(C)O2)ccc1CN1CCN(C)CC1. The van der Waals surface area contributed by atoms with Gasteiger partial charge in [0.15, 0.2) is 0 Å². The van der Waals surface area contributed by atoms with Gasteiger partial charge in [0.2, 0.25) is 0 Å². The van der Waals surface area contributed by atoms with E-state index in [0.29, 0.717) is 0 Å². The zero-order valence-electron chi connectivity index (χ0n) is 16.1. The molecule has 0 spiro atoms. The van der Waals surface area contributed by atoms with E-state index >= 15 is 0 Å². The minimum absolute atomic E-state index is 0.272. The molecule has 0 saturated carbocycles. The fraction of sp³-hybridized carbons (Fsp3) is 0.684. The molecule has 1 aromatic carbocycles. The topological polar surface area (TPSA) is 24.9 Å². The Bertz CT molecular complexity index is 579. The van der Waals surface area contributed by atoms with Crippen LogP contribution in [0.15, 0.2) is 18.2 Å². The van der Waals surface area contributed by atoms with E-state index in [4.69, 9.17) is 9.31 Å². The van der Waals surface area contributed by atoms with Gasteiger partial charge in [0, 0.05) is 32.7 Å². The van der Waals surface area contributed by atoms with E-state index < -0.39 is 0 Å². The first-order valence-corrected chi connectivity index (χ1v) is 9.04. The van der Waals surface area contributed by atoms with Gasteiger partial charge in [-0.25, -0.2) is 0 Å². The van der Waals surface area contributed by atoms with Gasteiger partial charge in [-0.3, -0.25) is 4.90 Å². The summed E-state index contributed by atoms with van der Waals surface area (Å²) in [5, 5.41) is 0. The number of likely N-dealkylation sites (N-methyl/N-ethyl adjacent to an activating group) is 1. The van der Waals surface area contributed by atoms with Crippen molar-refractivity contribution in [3.8, 4) is 0 Å². The van der Waals surface area contributed by atoms with Crippen LogP contribution < -0.4 is 5.46 Å². The van der Waals surface area contributed by atoms with Crippen LogP contribution in [0.25, 0.3) is 0 Å². The summed E-state index contributed by atoms with van der Waals surface area (Å²) in [5.74, 6) is 0. The predicted molar refractivity (Wildman–Crippen MR) is 99.7 cm³/mol. The van der Waals surface area contributed by atoms with Gasteiger partial charge in [0.05, 0.1) is 11.2 Å². The van der Waals surface area contributed by atoms with Crippen molar-refractivity contribution in [1.82, 2.24) is 9.80 Å². The molecule has 5 heteroatoms. The second kappa shape index (κ2) is 6.45. The van der Waals surface area contributed by atoms with E-state index in [9.17, 15) is 0 Å². The van der Waals surface area contributed by atoms with Gasteiger partial charge >= 0.3 is 7.12 Å². The summed E-state index contributed by atoms with van der Waals surface area (Å²) in [6, 6.07) is 6.64. The monoisotopic (exact) mass is 330 g/mol. The first-order chi connectivity index (χ1) is 11.2. The number of hydrogen-bond donors (Lipinski definition) is 0. The molecule has 132 valence electrons. The van der Waals surface area contributed by atoms with Crippen molar-refractivity contribution in [2.24, 2.45) is 0 Å². The van der Waals surface area contributed by atoms with E-state index in [1.165, 1.54) is 11.1 Å². The van der Waals surface area contributed by atoms with Crippen LogP contribution in [0.5, 0.6) is 0 Å². The zero-order chi connectivity index (χ0) is 17.5. The van der Waals surface area contributed by atoms with E-state index in [0.717, 1.165) is 38.2 Å². The number of nitrogens with zero attached hydrogens (tertiary/aromatic N) is 2. The molecule has 24 heavy (non-hydrogen) atoms. The van der Waals surface area contributed by atoms with E-state index in [1.807, 2.05) is 0 Å². The Morgan fingerprint density at radius 3 is 2.12 bits per heavy atom. The molecule has 2 aliphatic rings. The van der Waals surface area contributed by atoms with Crippen LogP contribution in [0.3, 0.4) is 0 Å². The van der Waals surface area contributed by atoms with Gasteiger partial charge in [-0.2, -0.15) is 0 Å². The Kier molecular flexibility index (Phi) is 4.82. The van der Waals surface area contributed by atoms with Crippen molar-refractivity contribution in [1.29, 1.82) is 0 Å². The van der Waals surface area contributed by atoms with E-state index in [2.05, 4.69) is 69.7 Å². The van der Waals surface area contributed by atoms with Gasteiger partial charge in [-0.15, -0.1) is 0 Å². The lowest BCUT2D eigenvalue weighted by molar-refractivity contribution is 0.00578. The van der Waals surface area contributed by atoms with Crippen LogP contribution >= 0.6 is 0 Å². The minimum atomic E-state index is -0.288. The summed E-state index contributed by atoms with van der Waals surface area (Å²) in [7, 11) is 1.92. The van der Waals surface area contributed by atoms with Crippen molar-refractivity contribution in [3.63, 3.8) is 0 Å². The molecule has 4 nitrogen and oxygen atoms in total. The van der Waals surface area contributed by atoms with Crippen LogP contribution in [0.1, 0.15) is 38.8 Å². The lowest BCUT2D eigenvalue weighted by atomic mass is 9.78. The molecule has 2 saturated heterocycles. The highest BCUT2D eigenvalue weighted by molar-refractivity contribution is 6.62. The van der Waals surface area contributed by atoms with Crippen LogP contribution in [-0.2, 0) is 15.9 Å². The Labute approximate surface area is 147 Å². The summed E-state index contributed by atoms with van der Waals surface area (Å²) in [6.07, 6.45) is 0. The van der Waals surface area contributed by atoms with Gasteiger partial charge < -0.3 is 14.2 Å². The van der Waals surface area contributed by atoms with Gasteiger partial charge in [-0.05, 0) is 58.3 Å². The lowest BCUT2D eigenvalue weighted by Gasteiger charge is -2.32. The quantitative estimate of drug-likeness (QED) is 0.792. The number of aryl methyl sites for hydroxylation is 1. The van der Waals surface area contributed by atoms with Crippen molar-refractivity contribution in [2.75, 3.05) is 33.2 Å². The maximum absolute atomic E-state index is 6.17. The molecule has 2 heterocycles. The highest BCUT2D eigenvalue weighted by atomic mass is 16.7. The maximum Gasteiger partial charge on any atom is 0.494 e. The number of benzene rings is 1. The Morgan fingerprint density at radius 2 is 1.58 bits per heavy atom. The zero-order valence-corrected chi connectivity index (χ0v) is 16.1. The normalized spacial score (nSPS) is 24.5. The number of piperazine rings is 1. The second-order valence-electron chi connectivity index (χ2n) is 8.35. The van der Waals surface area contributed by atoms with Gasteiger partial charge in [0.25, 0.3) is 0 Å². The summed E-state index contributed by atoms with van der Waals surface area (Å²) in [5.41, 5.74) is 3.27. The summed E-state index contributed by atoms with van der Waals surface area (Å²) >= 11 is 0. The molecule has 1 aromatic rings. The molecular formula is C19H31BN2O2. The van der Waals surface area contributed by atoms with Gasteiger partial charge in [0.1, 0.15) is 0 Å². The largest absolute Gasteiger partial charge is 0.494 e. The Hall–Kier alpha value is -0.875. The lowest BCUT2D eigenvalue weighted by Crippen LogP contribution is -2.44. The van der Waals surface area contributed by atoms with Crippen molar-refractivity contribution in [3.05, 3.63) is 29.3 Å². The smallest absolute Gasteiger partial charge is 0.399 e. The minimum Gasteiger partial charge on any atom is -0.399 e. The second-order valence-corrected chi connectivity index (χ2v) is 8.35. The highest BCUT2D eigenvalue weighted by Gasteiger charge is 2.51. The molecule has 0 atom stereocenters. The molecule has 0 aliphatic carbocycles. The average Bonchev–Trinajstić information content (AvgIpc) is 2.72. The highest BCUT2D eigenvalue weighted by Crippen LogP contribution is 2.36. The Morgan fingerprint density at radius 1 is 1.00 bits per heavy atom. The number of rotatable bonds is 3. The fourth-order valence-electron chi connectivity index (χ4n) is 3.27. The van der Waals surface area contributed by atoms with E-state index in [-0.39, 0.29) is 18.3 Å². The molecule has 2 aliphatic heterocycles. The van der Waals surface area contributed by atoms with Crippen molar-refractivity contribution < 1.29 is 9.31 Å². The van der Waals surface area contributed by atoms with Gasteiger partial charge in [-0.1, -0.05) is 18.2 Å².